The number of hydrogen-bond donors (Lipinski definition) is 1. The van der Waals surface area contributed by atoms with Gasteiger partial charge in [-0.1, -0.05) is 43.3 Å². The highest BCUT2D eigenvalue weighted by Gasteiger charge is 2.23. The topological polar surface area (TPSA) is 61.9 Å². The zero-order valence-corrected chi connectivity index (χ0v) is 17.2. The number of hydrogen-bond acceptors (Lipinski definition) is 4. The SMILES string of the molecule is CCCN(CC(=O)Nc1ccccc1OC)CC(=O)N1CCc2ccccc2C1. The maximum Gasteiger partial charge on any atom is 0.238 e. The summed E-state index contributed by atoms with van der Waals surface area (Å²) >= 11 is 0. The van der Waals surface area contributed by atoms with E-state index in [9.17, 15) is 9.59 Å². The summed E-state index contributed by atoms with van der Waals surface area (Å²) in [6.07, 6.45) is 1.75. The molecule has 1 aliphatic heterocycles. The number of methoxy groups -OCH3 is 1. The van der Waals surface area contributed by atoms with E-state index in [-0.39, 0.29) is 24.9 Å². The number of benzene rings is 2. The van der Waals surface area contributed by atoms with Crippen LogP contribution < -0.4 is 10.1 Å². The highest BCUT2D eigenvalue weighted by Crippen LogP contribution is 2.23. The molecule has 2 aromatic carbocycles. The van der Waals surface area contributed by atoms with Crippen molar-refractivity contribution in [2.24, 2.45) is 0 Å². The first-order valence-electron chi connectivity index (χ1n) is 10.1. The molecule has 0 fully saturated rings. The standard InChI is InChI=1S/C23H29N3O3/c1-3-13-25(16-22(27)24-20-10-6-7-11-21(20)29-2)17-23(28)26-14-12-18-8-4-5-9-19(18)15-26/h4-11H,3,12-17H2,1-2H3,(H,24,27). The number of ether oxygens (including phenoxy) is 1. The molecule has 0 atom stereocenters. The number of fused-ring (bicyclic) bond motifs is 1. The van der Waals surface area contributed by atoms with Gasteiger partial charge in [-0.3, -0.25) is 14.5 Å². The van der Waals surface area contributed by atoms with E-state index >= 15 is 0 Å². The Balaban J connectivity index is 1.58. The van der Waals surface area contributed by atoms with Gasteiger partial charge in [-0.25, -0.2) is 0 Å². The molecule has 0 aromatic heterocycles. The normalized spacial score (nSPS) is 13.1. The van der Waals surface area contributed by atoms with Crippen LogP contribution in [0, 0.1) is 0 Å². The molecule has 0 spiro atoms. The number of anilines is 1. The van der Waals surface area contributed by atoms with E-state index < -0.39 is 0 Å². The van der Waals surface area contributed by atoms with E-state index in [1.165, 1.54) is 11.1 Å². The van der Waals surface area contributed by atoms with E-state index in [1.807, 2.05) is 41.0 Å². The molecule has 29 heavy (non-hydrogen) atoms. The molecule has 0 aliphatic carbocycles. The minimum Gasteiger partial charge on any atom is -0.495 e. The van der Waals surface area contributed by atoms with Crippen LogP contribution in [0.2, 0.25) is 0 Å². The van der Waals surface area contributed by atoms with Crippen molar-refractivity contribution in [3.8, 4) is 5.75 Å². The van der Waals surface area contributed by atoms with Crippen LogP contribution in [0.15, 0.2) is 48.5 Å². The Morgan fingerprint density at radius 3 is 2.55 bits per heavy atom. The van der Waals surface area contributed by atoms with Gasteiger partial charge in [0.1, 0.15) is 5.75 Å². The Labute approximate surface area is 172 Å². The number of nitrogens with one attached hydrogen (secondary N) is 1. The third kappa shape index (κ3) is 5.57. The molecule has 0 unspecified atom stereocenters. The van der Waals surface area contributed by atoms with Gasteiger partial charge >= 0.3 is 0 Å². The van der Waals surface area contributed by atoms with Gasteiger partial charge in [0.25, 0.3) is 0 Å². The van der Waals surface area contributed by atoms with Gasteiger partial charge in [0, 0.05) is 13.1 Å². The summed E-state index contributed by atoms with van der Waals surface area (Å²) in [4.78, 5) is 29.2. The highest BCUT2D eigenvalue weighted by molar-refractivity contribution is 5.94. The molecule has 3 rings (SSSR count). The average Bonchev–Trinajstić information content (AvgIpc) is 2.73. The fourth-order valence-corrected chi connectivity index (χ4v) is 3.67. The number of carbonyl (C=O) groups excluding carboxylic acids is 2. The number of amides is 2. The van der Waals surface area contributed by atoms with Gasteiger partial charge < -0.3 is 15.0 Å². The zero-order valence-electron chi connectivity index (χ0n) is 17.2. The quantitative estimate of drug-likeness (QED) is 0.747. The van der Waals surface area contributed by atoms with Crippen molar-refractivity contribution in [3.05, 3.63) is 59.7 Å². The van der Waals surface area contributed by atoms with Crippen LogP contribution in [0.4, 0.5) is 5.69 Å². The highest BCUT2D eigenvalue weighted by atomic mass is 16.5. The predicted molar refractivity (Wildman–Crippen MR) is 114 cm³/mol. The summed E-state index contributed by atoms with van der Waals surface area (Å²) in [6.45, 7) is 4.52. The van der Waals surface area contributed by atoms with Gasteiger partial charge in [0.05, 0.1) is 25.9 Å². The molecule has 2 amide bonds. The summed E-state index contributed by atoms with van der Waals surface area (Å²) in [7, 11) is 1.57. The molecule has 154 valence electrons. The maximum atomic E-state index is 12.9. The van der Waals surface area contributed by atoms with Crippen LogP contribution in [0.1, 0.15) is 24.5 Å². The van der Waals surface area contributed by atoms with Crippen LogP contribution in [0.25, 0.3) is 0 Å². The maximum absolute atomic E-state index is 12.9. The fraction of sp³-hybridized carbons (Fsp3) is 0.391. The van der Waals surface area contributed by atoms with Gasteiger partial charge in [0.2, 0.25) is 11.8 Å². The lowest BCUT2D eigenvalue weighted by Gasteiger charge is -2.31. The lowest BCUT2D eigenvalue weighted by molar-refractivity contribution is -0.133. The van der Waals surface area contributed by atoms with Crippen molar-refractivity contribution >= 4 is 17.5 Å². The van der Waals surface area contributed by atoms with Crippen molar-refractivity contribution < 1.29 is 14.3 Å². The largest absolute Gasteiger partial charge is 0.495 e. The second kappa shape index (κ2) is 10.1. The Kier molecular flexibility index (Phi) is 7.25. The molecular weight excluding hydrogens is 366 g/mol. The molecule has 1 N–H and O–H groups in total. The molecule has 0 saturated carbocycles. The van der Waals surface area contributed by atoms with Crippen molar-refractivity contribution in [2.45, 2.75) is 26.3 Å². The first-order chi connectivity index (χ1) is 14.1. The Bertz CT molecular complexity index is 853. The minimum absolute atomic E-state index is 0.0676. The van der Waals surface area contributed by atoms with Crippen LogP contribution in [0.5, 0.6) is 5.75 Å². The molecule has 1 heterocycles. The van der Waals surface area contributed by atoms with E-state index in [0.29, 0.717) is 24.5 Å². The molecule has 2 aromatic rings. The Hall–Kier alpha value is -2.86. The van der Waals surface area contributed by atoms with Gasteiger partial charge in [-0.2, -0.15) is 0 Å². The fourth-order valence-electron chi connectivity index (χ4n) is 3.67. The molecule has 6 heteroatoms. The summed E-state index contributed by atoms with van der Waals surface area (Å²) < 4.78 is 5.28. The van der Waals surface area contributed by atoms with Crippen molar-refractivity contribution in [1.82, 2.24) is 9.80 Å². The van der Waals surface area contributed by atoms with Gasteiger partial charge in [-0.05, 0) is 42.6 Å². The minimum atomic E-state index is -0.153. The van der Waals surface area contributed by atoms with Crippen LogP contribution in [-0.2, 0) is 22.6 Å². The number of carbonyl (C=O) groups is 2. The number of nitrogens with zero attached hydrogens (tertiary/aromatic N) is 2. The molecule has 0 bridgehead atoms. The van der Waals surface area contributed by atoms with Gasteiger partial charge in [-0.15, -0.1) is 0 Å². The molecule has 0 saturated heterocycles. The summed E-state index contributed by atoms with van der Waals surface area (Å²) in [5.74, 6) is 0.531. The van der Waals surface area contributed by atoms with Crippen molar-refractivity contribution in [1.29, 1.82) is 0 Å². The lowest BCUT2D eigenvalue weighted by Crippen LogP contribution is -2.45. The predicted octanol–water partition coefficient (Wildman–Crippen LogP) is 2.93. The second-order valence-electron chi connectivity index (χ2n) is 7.29. The average molecular weight is 396 g/mol. The van der Waals surface area contributed by atoms with Gasteiger partial charge in [0.15, 0.2) is 0 Å². The van der Waals surface area contributed by atoms with Crippen molar-refractivity contribution in [2.75, 3.05) is 38.6 Å². The summed E-state index contributed by atoms with van der Waals surface area (Å²) in [6, 6.07) is 15.6. The van der Waals surface area contributed by atoms with Crippen LogP contribution >= 0.6 is 0 Å². The second-order valence-corrected chi connectivity index (χ2v) is 7.29. The van der Waals surface area contributed by atoms with Crippen LogP contribution in [-0.4, -0.2) is 54.9 Å². The molecule has 6 nitrogen and oxygen atoms in total. The third-order valence-electron chi connectivity index (χ3n) is 5.13. The first-order valence-corrected chi connectivity index (χ1v) is 10.1. The summed E-state index contributed by atoms with van der Waals surface area (Å²) in [5, 5.41) is 2.89. The van der Waals surface area contributed by atoms with E-state index in [4.69, 9.17) is 4.74 Å². The molecule has 0 radical (unpaired) electrons. The summed E-state index contributed by atoms with van der Waals surface area (Å²) in [5.41, 5.74) is 3.16. The Morgan fingerprint density at radius 1 is 1.07 bits per heavy atom. The van der Waals surface area contributed by atoms with E-state index in [1.54, 1.807) is 19.2 Å². The third-order valence-corrected chi connectivity index (χ3v) is 5.13. The Morgan fingerprint density at radius 2 is 1.79 bits per heavy atom. The van der Waals surface area contributed by atoms with E-state index in [2.05, 4.69) is 17.4 Å². The first kappa shape index (κ1) is 20.9. The van der Waals surface area contributed by atoms with Crippen LogP contribution in [0.3, 0.4) is 0 Å². The van der Waals surface area contributed by atoms with Crippen molar-refractivity contribution in [3.63, 3.8) is 0 Å². The number of para-hydroxylation sites is 2. The monoisotopic (exact) mass is 395 g/mol. The smallest absolute Gasteiger partial charge is 0.238 e. The molecular formula is C23H29N3O3. The molecule has 1 aliphatic rings. The van der Waals surface area contributed by atoms with E-state index in [0.717, 1.165) is 19.4 Å². The zero-order chi connectivity index (χ0) is 20.6. The number of rotatable bonds is 8. The lowest BCUT2D eigenvalue weighted by atomic mass is 10.00.